The van der Waals surface area contributed by atoms with Crippen LogP contribution in [0, 0.1) is 5.82 Å². The number of halogens is 3. The zero-order valence-corrected chi connectivity index (χ0v) is 17.6. The van der Waals surface area contributed by atoms with E-state index in [9.17, 15) is 4.39 Å². The summed E-state index contributed by atoms with van der Waals surface area (Å²) in [5, 5.41) is 12.5. The molecular formula is C20H24BrClFNO3. The zero-order chi connectivity index (χ0) is 19.6. The van der Waals surface area contributed by atoms with Crippen molar-refractivity contribution in [1.29, 1.82) is 0 Å². The van der Waals surface area contributed by atoms with Crippen molar-refractivity contribution >= 4 is 27.5 Å². The van der Waals surface area contributed by atoms with Gasteiger partial charge in [0.1, 0.15) is 12.4 Å². The Bertz CT molecular complexity index is 745. The van der Waals surface area contributed by atoms with Crippen LogP contribution in [0.4, 0.5) is 4.39 Å². The summed E-state index contributed by atoms with van der Waals surface area (Å²) >= 11 is 9.61. The van der Waals surface area contributed by atoms with E-state index in [1.54, 1.807) is 6.07 Å². The third-order valence-electron chi connectivity index (χ3n) is 3.85. The Balaban J connectivity index is 2.08. The van der Waals surface area contributed by atoms with E-state index in [1.807, 2.05) is 19.1 Å². The topological polar surface area (TPSA) is 50.7 Å². The average molecular weight is 461 g/mol. The number of aliphatic hydroxyl groups excluding tert-OH is 1. The van der Waals surface area contributed by atoms with E-state index in [0.29, 0.717) is 35.2 Å². The van der Waals surface area contributed by atoms with Gasteiger partial charge in [0, 0.05) is 18.7 Å². The predicted octanol–water partition coefficient (Wildman–Crippen LogP) is 5.08. The molecule has 148 valence electrons. The highest BCUT2D eigenvalue weighted by atomic mass is 79.9. The van der Waals surface area contributed by atoms with Crippen molar-refractivity contribution in [2.45, 2.75) is 32.9 Å². The molecule has 2 N–H and O–H groups in total. The number of hydrogen-bond acceptors (Lipinski definition) is 4. The van der Waals surface area contributed by atoms with Gasteiger partial charge in [0.2, 0.25) is 0 Å². The van der Waals surface area contributed by atoms with E-state index >= 15 is 0 Å². The lowest BCUT2D eigenvalue weighted by atomic mass is 10.2. The Kier molecular flexibility index (Phi) is 9.34. The molecule has 0 aromatic heterocycles. The molecule has 0 saturated heterocycles. The molecule has 0 spiro atoms. The summed E-state index contributed by atoms with van der Waals surface area (Å²) in [6.45, 7) is 4.36. The maximum atomic E-state index is 13.2. The van der Waals surface area contributed by atoms with Gasteiger partial charge in [-0.3, -0.25) is 0 Å². The minimum atomic E-state index is -0.379. The van der Waals surface area contributed by atoms with Crippen LogP contribution in [0.2, 0.25) is 5.02 Å². The van der Waals surface area contributed by atoms with Gasteiger partial charge in [0.15, 0.2) is 11.5 Å². The van der Waals surface area contributed by atoms with Crippen LogP contribution in [0.3, 0.4) is 0 Å². The summed E-state index contributed by atoms with van der Waals surface area (Å²) in [6, 6.07) is 8.15. The number of rotatable bonds is 11. The minimum Gasteiger partial charge on any atom is -0.490 e. The molecule has 0 aliphatic heterocycles. The van der Waals surface area contributed by atoms with Crippen LogP contribution >= 0.6 is 27.5 Å². The van der Waals surface area contributed by atoms with Gasteiger partial charge in [-0.15, -0.1) is 0 Å². The van der Waals surface area contributed by atoms with Gasteiger partial charge < -0.3 is 19.9 Å². The van der Waals surface area contributed by atoms with E-state index < -0.39 is 0 Å². The highest BCUT2D eigenvalue weighted by Gasteiger charge is 2.13. The molecule has 0 aliphatic carbocycles. The largest absolute Gasteiger partial charge is 0.490 e. The minimum absolute atomic E-state index is 0.205. The second-order valence-electron chi connectivity index (χ2n) is 5.97. The van der Waals surface area contributed by atoms with Crippen molar-refractivity contribution in [1.82, 2.24) is 5.32 Å². The monoisotopic (exact) mass is 459 g/mol. The fourth-order valence-electron chi connectivity index (χ4n) is 2.51. The van der Waals surface area contributed by atoms with Crippen LogP contribution in [-0.2, 0) is 13.2 Å². The van der Waals surface area contributed by atoms with Gasteiger partial charge in [-0.05, 0) is 72.1 Å². The molecule has 2 aromatic rings. The molecule has 2 aromatic carbocycles. The Hall–Kier alpha value is -1.34. The second kappa shape index (κ2) is 11.5. The van der Waals surface area contributed by atoms with Gasteiger partial charge in [0.25, 0.3) is 0 Å². The van der Waals surface area contributed by atoms with Crippen molar-refractivity contribution in [3.8, 4) is 11.5 Å². The Morgan fingerprint density at radius 3 is 2.70 bits per heavy atom. The first-order valence-corrected chi connectivity index (χ1v) is 10.1. The third-order valence-corrected chi connectivity index (χ3v) is 4.79. The van der Waals surface area contributed by atoms with Crippen molar-refractivity contribution < 1.29 is 19.0 Å². The van der Waals surface area contributed by atoms with Gasteiger partial charge in [0.05, 0.1) is 16.1 Å². The van der Waals surface area contributed by atoms with Gasteiger partial charge in [-0.25, -0.2) is 4.39 Å². The molecule has 0 aliphatic rings. The fourth-order valence-corrected chi connectivity index (χ4v) is 3.34. The quantitative estimate of drug-likeness (QED) is 0.459. The zero-order valence-electron chi connectivity index (χ0n) is 15.2. The van der Waals surface area contributed by atoms with E-state index in [4.69, 9.17) is 26.2 Å². The molecule has 2 rings (SSSR count). The molecule has 0 fully saturated rings. The van der Waals surface area contributed by atoms with Crippen LogP contribution in [0.25, 0.3) is 0 Å². The lowest BCUT2D eigenvalue weighted by molar-refractivity contribution is 0.267. The summed E-state index contributed by atoms with van der Waals surface area (Å²) in [7, 11) is 0. The summed E-state index contributed by atoms with van der Waals surface area (Å²) in [5.41, 5.74) is 1.75. The number of nitrogens with one attached hydrogen (secondary N) is 1. The Morgan fingerprint density at radius 1 is 1.19 bits per heavy atom. The van der Waals surface area contributed by atoms with Crippen molar-refractivity contribution in [3.05, 3.63) is 56.8 Å². The molecule has 0 saturated carbocycles. The summed E-state index contributed by atoms with van der Waals surface area (Å²) in [5.74, 6) is 0.842. The van der Waals surface area contributed by atoms with Crippen LogP contribution in [0.15, 0.2) is 34.8 Å². The van der Waals surface area contributed by atoms with Gasteiger partial charge in [-0.1, -0.05) is 17.7 Å². The third kappa shape index (κ3) is 6.96. The molecule has 7 heteroatoms. The molecule has 0 amide bonds. The van der Waals surface area contributed by atoms with Crippen LogP contribution in [0.1, 0.15) is 30.9 Å². The normalized spacial score (nSPS) is 10.9. The first-order valence-electron chi connectivity index (χ1n) is 8.88. The molecule has 0 radical (unpaired) electrons. The van der Waals surface area contributed by atoms with Crippen LogP contribution < -0.4 is 14.8 Å². The van der Waals surface area contributed by atoms with Crippen molar-refractivity contribution in [3.63, 3.8) is 0 Å². The summed E-state index contributed by atoms with van der Waals surface area (Å²) in [4.78, 5) is 0. The maximum absolute atomic E-state index is 13.2. The lowest BCUT2D eigenvalue weighted by Gasteiger charge is -2.16. The standard InChI is InChI=1S/C20H24BrClFNO3/c1-2-26-19-10-14(12-24-7-3-4-8-25)9-17(21)20(19)27-13-15-5-6-16(23)11-18(15)22/h5-6,9-11,24-25H,2-4,7-8,12-13H2,1H3. The van der Waals surface area contributed by atoms with Gasteiger partial charge >= 0.3 is 0 Å². The lowest BCUT2D eigenvalue weighted by Crippen LogP contribution is -2.15. The summed E-state index contributed by atoms with van der Waals surface area (Å²) < 4.78 is 25.6. The number of aliphatic hydroxyl groups is 1. The molecule has 0 bridgehead atoms. The molecule has 0 atom stereocenters. The molecule has 0 unspecified atom stereocenters. The van der Waals surface area contributed by atoms with E-state index in [-0.39, 0.29) is 19.0 Å². The van der Waals surface area contributed by atoms with E-state index in [2.05, 4.69) is 21.2 Å². The predicted molar refractivity (Wildman–Crippen MR) is 109 cm³/mol. The average Bonchev–Trinajstić information content (AvgIpc) is 2.62. The van der Waals surface area contributed by atoms with E-state index in [0.717, 1.165) is 29.4 Å². The molecule has 4 nitrogen and oxygen atoms in total. The number of benzene rings is 2. The summed E-state index contributed by atoms with van der Waals surface area (Å²) in [6.07, 6.45) is 1.72. The van der Waals surface area contributed by atoms with Crippen LogP contribution in [0.5, 0.6) is 11.5 Å². The smallest absolute Gasteiger partial charge is 0.175 e. The van der Waals surface area contributed by atoms with E-state index in [1.165, 1.54) is 12.1 Å². The first-order chi connectivity index (χ1) is 13.0. The van der Waals surface area contributed by atoms with Crippen molar-refractivity contribution in [2.24, 2.45) is 0 Å². The fraction of sp³-hybridized carbons (Fsp3) is 0.400. The molecule has 27 heavy (non-hydrogen) atoms. The van der Waals surface area contributed by atoms with Crippen molar-refractivity contribution in [2.75, 3.05) is 19.8 Å². The Labute approximate surface area is 172 Å². The maximum Gasteiger partial charge on any atom is 0.175 e. The highest BCUT2D eigenvalue weighted by molar-refractivity contribution is 9.10. The highest BCUT2D eigenvalue weighted by Crippen LogP contribution is 2.37. The molecule has 0 heterocycles. The number of hydrogen-bond donors (Lipinski definition) is 2. The molecular weight excluding hydrogens is 437 g/mol. The van der Waals surface area contributed by atoms with Crippen LogP contribution in [-0.4, -0.2) is 24.9 Å². The second-order valence-corrected chi connectivity index (χ2v) is 7.23. The number of ether oxygens (including phenoxy) is 2. The van der Waals surface area contributed by atoms with Gasteiger partial charge in [-0.2, -0.15) is 0 Å². The number of unbranched alkanes of at least 4 members (excludes halogenated alkanes) is 1. The Morgan fingerprint density at radius 2 is 2.00 bits per heavy atom. The SMILES string of the molecule is CCOc1cc(CNCCCCO)cc(Br)c1OCc1ccc(F)cc1Cl. The first kappa shape index (κ1) is 22.0.